The second kappa shape index (κ2) is 4.45. The summed E-state index contributed by atoms with van der Waals surface area (Å²) in [6, 6.07) is 10.3. The average molecular weight is 252 g/mol. The smallest absolute Gasteiger partial charge is 0.403 e. The molecule has 0 aliphatic heterocycles. The maximum atomic E-state index is 12.1. The van der Waals surface area contributed by atoms with Crippen molar-refractivity contribution in [1.29, 1.82) is 5.26 Å². The van der Waals surface area contributed by atoms with Crippen LogP contribution < -0.4 is 4.74 Å². The van der Waals surface area contributed by atoms with E-state index in [9.17, 15) is 13.2 Å². The van der Waals surface area contributed by atoms with Crippen LogP contribution in [-0.4, -0.2) is 11.3 Å². The number of aromatic amines is 1. The zero-order valence-corrected chi connectivity index (χ0v) is 8.95. The zero-order chi connectivity index (χ0) is 13.2. The van der Waals surface area contributed by atoms with Crippen LogP contribution in [0.1, 0.15) is 5.56 Å². The normalized spacial score (nSPS) is 11.0. The number of halogens is 3. The van der Waals surface area contributed by atoms with E-state index in [4.69, 9.17) is 5.26 Å². The van der Waals surface area contributed by atoms with Gasteiger partial charge in [-0.15, -0.1) is 13.2 Å². The Morgan fingerprint density at radius 3 is 2.39 bits per heavy atom. The van der Waals surface area contributed by atoms with Crippen LogP contribution in [0.5, 0.6) is 5.75 Å². The zero-order valence-electron chi connectivity index (χ0n) is 8.95. The molecule has 0 fully saturated rings. The molecule has 2 aromatic rings. The Bertz CT molecular complexity index is 582. The maximum absolute atomic E-state index is 12.1. The lowest BCUT2D eigenvalue weighted by atomic mass is 10.1. The van der Waals surface area contributed by atoms with Crippen LogP contribution in [0.4, 0.5) is 13.2 Å². The van der Waals surface area contributed by atoms with Crippen molar-refractivity contribution in [3.8, 4) is 23.1 Å². The van der Waals surface area contributed by atoms with Gasteiger partial charge < -0.3 is 9.72 Å². The fraction of sp³-hybridized carbons (Fsp3) is 0.0833. The molecule has 0 saturated heterocycles. The van der Waals surface area contributed by atoms with E-state index >= 15 is 0 Å². The lowest BCUT2D eigenvalue weighted by molar-refractivity contribution is -0.274. The molecule has 6 heteroatoms. The van der Waals surface area contributed by atoms with Crippen LogP contribution in [0.2, 0.25) is 0 Å². The minimum Gasteiger partial charge on any atom is -0.403 e. The summed E-state index contributed by atoms with van der Waals surface area (Å²) in [5, 5.41) is 8.93. The third kappa shape index (κ3) is 2.46. The molecule has 1 aromatic heterocycles. The van der Waals surface area contributed by atoms with Gasteiger partial charge in [0.1, 0.15) is 11.6 Å². The Hall–Kier alpha value is -2.42. The molecule has 1 N–H and O–H groups in total. The summed E-state index contributed by atoms with van der Waals surface area (Å²) in [7, 11) is 0. The highest BCUT2D eigenvalue weighted by molar-refractivity contribution is 5.70. The number of hydrogen-bond donors (Lipinski definition) is 1. The maximum Gasteiger partial charge on any atom is 0.573 e. The van der Waals surface area contributed by atoms with Gasteiger partial charge in [0, 0.05) is 6.20 Å². The van der Waals surface area contributed by atoms with Gasteiger partial charge in [0.15, 0.2) is 5.75 Å². The molecule has 0 saturated carbocycles. The molecule has 0 spiro atoms. The van der Waals surface area contributed by atoms with Crippen molar-refractivity contribution in [2.24, 2.45) is 0 Å². The predicted octanol–water partition coefficient (Wildman–Crippen LogP) is 3.45. The highest BCUT2D eigenvalue weighted by Gasteiger charge is 2.33. The molecule has 0 unspecified atom stereocenters. The van der Waals surface area contributed by atoms with Gasteiger partial charge in [0.2, 0.25) is 0 Å². The van der Waals surface area contributed by atoms with Crippen molar-refractivity contribution in [3.63, 3.8) is 0 Å². The monoisotopic (exact) mass is 252 g/mol. The van der Waals surface area contributed by atoms with Crippen molar-refractivity contribution in [2.45, 2.75) is 6.36 Å². The highest BCUT2D eigenvalue weighted by Crippen LogP contribution is 2.32. The molecular formula is C12H7F3N2O. The molecule has 3 nitrogen and oxygen atoms in total. The standard InChI is InChI=1S/C12H7F3N2O/c13-12(14,15)18-10-7-17-11(9(10)6-16)8-4-2-1-3-5-8/h1-5,7,17H. The number of alkyl halides is 3. The largest absolute Gasteiger partial charge is 0.573 e. The lowest BCUT2D eigenvalue weighted by Crippen LogP contribution is -2.17. The molecule has 1 heterocycles. The number of aromatic nitrogens is 1. The molecule has 92 valence electrons. The third-order valence-electron chi connectivity index (χ3n) is 2.24. The molecule has 0 atom stereocenters. The topological polar surface area (TPSA) is 48.8 Å². The number of hydrogen-bond acceptors (Lipinski definition) is 2. The molecular weight excluding hydrogens is 245 g/mol. The van der Waals surface area contributed by atoms with Gasteiger partial charge in [0.25, 0.3) is 0 Å². The van der Waals surface area contributed by atoms with E-state index in [1.807, 2.05) is 0 Å². The van der Waals surface area contributed by atoms with Crippen LogP contribution in [-0.2, 0) is 0 Å². The first-order chi connectivity index (χ1) is 8.51. The minimum absolute atomic E-state index is 0.168. The van der Waals surface area contributed by atoms with E-state index < -0.39 is 12.1 Å². The van der Waals surface area contributed by atoms with E-state index in [2.05, 4.69) is 9.72 Å². The van der Waals surface area contributed by atoms with Gasteiger partial charge in [0.05, 0.1) is 5.69 Å². The fourth-order valence-electron chi connectivity index (χ4n) is 1.55. The average Bonchev–Trinajstić information content (AvgIpc) is 2.70. The Morgan fingerprint density at radius 2 is 1.83 bits per heavy atom. The summed E-state index contributed by atoms with van der Waals surface area (Å²) in [5.41, 5.74) is 0.752. The van der Waals surface area contributed by atoms with Crippen molar-refractivity contribution < 1.29 is 17.9 Å². The number of rotatable bonds is 2. The summed E-state index contributed by atoms with van der Waals surface area (Å²) < 4.78 is 40.1. The van der Waals surface area contributed by atoms with E-state index in [0.717, 1.165) is 6.20 Å². The summed E-state index contributed by atoms with van der Waals surface area (Å²) in [6.45, 7) is 0. The van der Waals surface area contributed by atoms with Gasteiger partial charge in [-0.25, -0.2) is 0 Å². The highest BCUT2D eigenvalue weighted by atomic mass is 19.4. The second-order valence-electron chi connectivity index (χ2n) is 3.43. The first-order valence-electron chi connectivity index (χ1n) is 4.94. The summed E-state index contributed by atoms with van der Waals surface area (Å²) >= 11 is 0. The number of H-pyrrole nitrogens is 1. The number of nitriles is 1. The number of ether oxygens (including phenoxy) is 1. The molecule has 18 heavy (non-hydrogen) atoms. The van der Waals surface area contributed by atoms with Crippen molar-refractivity contribution in [2.75, 3.05) is 0 Å². The molecule has 0 bridgehead atoms. The van der Waals surface area contributed by atoms with Gasteiger partial charge in [-0.2, -0.15) is 5.26 Å². The fourth-order valence-corrected chi connectivity index (χ4v) is 1.55. The second-order valence-corrected chi connectivity index (χ2v) is 3.43. The number of nitrogens with zero attached hydrogens (tertiary/aromatic N) is 1. The molecule has 2 rings (SSSR count). The predicted molar refractivity (Wildman–Crippen MR) is 57.6 cm³/mol. The van der Waals surface area contributed by atoms with Crippen LogP contribution in [0.15, 0.2) is 36.5 Å². The van der Waals surface area contributed by atoms with Gasteiger partial charge in [-0.3, -0.25) is 0 Å². The Kier molecular flexibility index (Phi) is 2.98. The Balaban J connectivity index is 2.44. The first-order valence-corrected chi connectivity index (χ1v) is 4.94. The van der Waals surface area contributed by atoms with E-state index in [1.54, 1.807) is 36.4 Å². The van der Waals surface area contributed by atoms with Crippen LogP contribution in [0.3, 0.4) is 0 Å². The summed E-state index contributed by atoms with van der Waals surface area (Å²) in [4.78, 5) is 2.62. The number of nitrogens with one attached hydrogen (secondary N) is 1. The van der Waals surface area contributed by atoms with Gasteiger partial charge in [-0.05, 0) is 5.56 Å². The van der Waals surface area contributed by atoms with Crippen LogP contribution in [0.25, 0.3) is 11.3 Å². The molecule has 0 amide bonds. The summed E-state index contributed by atoms with van der Waals surface area (Å²) in [6.07, 6.45) is -3.80. The van der Waals surface area contributed by atoms with Gasteiger partial charge in [-0.1, -0.05) is 30.3 Å². The van der Waals surface area contributed by atoms with E-state index in [-0.39, 0.29) is 5.56 Å². The Labute approximate surface area is 100 Å². The van der Waals surface area contributed by atoms with E-state index in [0.29, 0.717) is 11.3 Å². The lowest BCUT2D eigenvalue weighted by Gasteiger charge is -2.07. The van der Waals surface area contributed by atoms with Crippen LogP contribution >= 0.6 is 0 Å². The first kappa shape index (κ1) is 12.0. The van der Waals surface area contributed by atoms with Gasteiger partial charge >= 0.3 is 6.36 Å². The van der Waals surface area contributed by atoms with Crippen LogP contribution in [0, 0.1) is 11.3 Å². The van der Waals surface area contributed by atoms with E-state index in [1.165, 1.54) is 0 Å². The minimum atomic E-state index is -4.82. The third-order valence-corrected chi connectivity index (χ3v) is 2.24. The molecule has 0 aliphatic rings. The number of benzene rings is 1. The van der Waals surface area contributed by atoms with Crippen molar-refractivity contribution in [1.82, 2.24) is 4.98 Å². The Morgan fingerprint density at radius 1 is 1.17 bits per heavy atom. The summed E-state index contributed by atoms with van der Waals surface area (Å²) in [5.74, 6) is -0.524. The molecule has 0 aliphatic carbocycles. The van der Waals surface area contributed by atoms with Crippen molar-refractivity contribution >= 4 is 0 Å². The SMILES string of the molecule is N#Cc1c(OC(F)(F)F)c[nH]c1-c1ccccc1. The van der Waals surface area contributed by atoms with Crippen molar-refractivity contribution in [3.05, 3.63) is 42.1 Å². The quantitative estimate of drug-likeness (QED) is 0.889. The molecule has 0 radical (unpaired) electrons. The molecule has 1 aromatic carbocycles.